The molecular weight excluding hydrogens is 599 g/mol. The molecule has 228 valence electrons. The van der Waals surface area contributed by atoms with Crippen LogP contribution in [0.5, 0.6) is 11.5 Å². The number of anilines is 1. The second-order valence-electron chi connectivity index (χ2n) is 8.76. The molecule has 0 bridgehead atoms. The second kappa shape index (κ2) is 13.5. The number of fused-ring (bicyclic) bond motifs is 1. The van der Waals surface area contributed by atoms with Gasteiger partial charge in [-0.25, -0.2) is 13.6 Å². The van der Waals surface area contributed by atoms with E-state index in [1.807, 2.05) is 0 Å². The van der Waals surface area contributed by atoms with Crippen LogP contribution in [0, 0.1) is 22.4 Å². The highest BCUT2D eigenvalue weighted by Crippen LogP contribution is 2.35. The number of aromatic nitrogens is 1. The zero-order valence-corrected chi connectivity index (χ0v) is 23.6. The first kappa shape index (κ1) is 32.8. The highest BCUT2D eigenvalue weighted by atomic mass is 35.5. The number of pyridine rings is 1. The Balaban J connectivity index is 0.00000506. The number of esters is 1. The van der Waals surface area contributed by atoms with Gasteiger partial charge in [0.1, 0.15) is 33.3 Å². The minimum atomic E-state index is -1.75. The Bertz CT molecular complexity index is 1780. The van der Waals surface area contributed by atoms with Crippen LogP contribution in [0.2, 0.25) is 5.02 Å². The number of halogens is 4. The lowest BCUT2D eigenvalue weighted by molar-refractivity contribution is -0.380. The van der Waals surface area contributed by atoms with Gasteiger partial charge in [-0.15, -0.1) is 0 Å². The van der Waals surface area contributed by atoms with Crippen molar-refractivity contribution in [3.05, 3.63) is 90.8 Å². The summed E-state index contributed by atoms with van der Waals surface area (Å²) in [6.07, 6.45) is 0.934. The maximum atomic E-state index is 15.2. The number of methoxy groups -OCH3 is 2. The molecule has 0 radical (unpaired) electrons. The SMILES string of the molecule is CCOC(=O)c1cn(-c2cc(NCc3ccc(OC)cc3OC)c(F)cc2CO)c2c(Cl)c(F)c(F)c([NH+]=O)c2c1=O.[OH-]. The Morgan fingerprint density at radius 3 is 2.42 bits per heavy atom. The average molecular weight is 624 g/mol. The molecule has 0 aliphatic heterocycles. The maximum absolute atomic E-state index is 15.2. The molecule has 1 heterocycles. The van der Waals surface area contributed by atoms with E-state index in [9.17, 15) is 28.4 Å². The number of aliphatic hydroxyl groups is 1. The number of rotatable bonds is 10. The van der Waals surface area contributed by atoms with Gasteiger partial charge in [0.2, 0.25) is 11.2 Å². The number of aliphatic hydroxyl groups excluding tert-OH is 1. The molecule has 1 aromatic heterocycles. The van der Waals surface area contributed by atoms with Crippen LogP contribution in [-0.4, -0.2) is 41.9 Å². The lowest BCUT2D eigenvalue weighted by Crippen LogP contribution is -2.57. The van der Waals surface area contributed by atoms with E-state index in [-0.39, 0.29) is 35.6 Å². The molecule has 4 rings (SSSR count). The van der Waals surface area contributed by atoms with E-state index in [2.05, 4.69) is 5.32 Å². The Morgan fingerprint density at radius 2 is 1.81 bits per heavy atom. The molecule has 0 saturated heterocycles. The molecule has 0 aliphatic carbocycles. The number of nitroso groups, excluding NO2 is 1. The first-order chi connectivity index (χ1) is 20.1. The lowest BCUT2D eigenvalue weighted by Gasteiger charge is -2.19. The van der Waals surface area contributed by atoms with Crippen molar-refractivity contribution in [2.75, 3.05) is 26.1 Å². The molecule has 4 aromatic rings. The predicted molar refractivity (Wildman–Crippen MR) is 149 cm³/mol. The van der Waals surface area contributed by atoms with E-state index in [4.69, 9.17) is 25.8 Å². The minimum Gasteiger partial charge on any atom is -0.870 e. The number of benzene rings is 3. The van der Waals surface area contributed by atoms with Crippen LogP contribution in [0.15, 0.2) is 41.3 Å². The molecule has 3 aromatic carbocycles. The smallest absolute Gasteiger partial charge is 0.343 e. The van der Waals surface area contributed by atoms with Crippen LogP contribution in [0.25, 0.3) is 16.6 Å². The van der Waals surface area contributed by atoms with Gasteiger partial charge in [0.15, 0.2) is 5.82 Å². The van der Waals surface area contributed by atoms with Gasteiger partial charge in [-0.1, -0.05) is 11.6 Å². The normalized spacial score (nSPS) is 10.7. The van der Waals surface area contributed by atoms with Crippen LogP contribution >= 0.6 is 11.6 Å². The Hall–Kier alpha value is -4.66. The van der Waals surface area contributed by atoms with Crippen molar-refractivity contribution in [2.24, 2.45) is 0 Å². The first-order valence-corrected chi connectivity index (χ1v) is 12.7. The first-order valence-electron chi connectivity index (χ1n) is 12.3. The number of nitrogens with one attached hydrogen (secondary N) is 2. The van der Waals surface area contributed by atoms with E-state index in [1.165, 1.54) is 32.4 Å². The molecule has 4 N–H and O–H groups in total. The standard InChI is InChI=1S/C28H23ClF3N3O7.H2O/c1-4-42-28(38)16-11-35(26-21(27(16)37)25(34-39)24(32)23(31)22(26)29)19-9-18(17(30)7-14(19)12-36)33-10-13-5-6-15(40-2)8-20(13)41-3;/h5-9,11,33,36H,4,10,12H2,1-3H3;1H2. The number of nitrogens with zero attached hydrogens (tertiary/aromatic N) is 1. The van der Waals surface area contributed by atoms with Gasteiger partial charge < -0.3 is 34.7 Å². The van der Waals surface area contributed by atoms with Gasteiger partial charge in [-0.2, -0.15) is 4.39 Å². The Labute approximate surface area is 246 Å². The molecule has 11 nitrogen and oxygen atoms in total. The van der Waals surface area contributed by atoms with E-state index < -0.39 is 62.6 Å². The number of hydrogen-bond donors (Lipinski definition) is 3. The molecule has 43 heavy (non-hydrogen) atoms. The van der Waals surface area contributed by atoms with Crippen molar-refractivity contribution in [3.63, 3.8) is 0 Å². The van der Waals surface area contributed by atoms with Crippen molar-refractivity contribution in [1.82, 2.24) is 4.57 Å². The summed E-state index contributed by atoms with van der Waals surface area (Å²) in [5, 5.41) is 12.5. The second-order valence-corrected chi connectivity index (χ2v) is 9.13. The zero-order chi connectivity index (χ0) is 30.7. The van der Waals surface area contributed by atoms with E-state index >= 15 is 4.39 Å². The topological polar surface area (TPSA) is 160 Å². The van der Waals surface area contributed by atoms with Gasteiger partial charge >= 0.3 is 11.7 Å². The molecule has 0 fully saturated rings. The van der Waals surface area contributed by atoms with Gasteiger partial charge in [0, 0.05) is 40.0 Å². The summed E-state index contributed by atoms with van der Waals surface area (Å²) >= 11 is 6.15. The van der Waals surface area contributed by atoms with Crippen LogP contribution < -0.4 is 25.4 Å². The zero-order valence-electron chi connectivity index (χ0n) is 22.9. The minimum absolute atomic E-state index is 0. The predicted octanol–water partition coefficient (Wildman–Crippen LogP) is 3.66. The molecule has 0 spiro atoms. The largest absolute Gasteiger partial charge is 0.870 e. The summed E-state index contributed by atoms with van der Waals surface area (Å²) < 4.78 is 61.2. The van der Waals surface area contributed by atoms with Crippen LogP contribution in [-0.2, 0) is 17.9 Å². The fourth-order valence-electron chi connectivity index (χ4n) is 4.40. The Kier molecular flexibility index (Phi) is 10.3. The van der Waals surface area contributed by atoms with Crippen molar-refractivity contribution < 1.29 is 47.9 Å². The van der Waals surface area contributed by atoms with Gasteiger partial charge in [-0.05, 0) is 31.2 Å². The summed E-state index contributed by atoms with van der Waals surface area (Å²) in [5.41, 5.74) is -3.11. The molecule has 15 heteroatoms. The third kappa shape index (κ3) is 5.98. The molecule has 0 aliphatic rings. The van der Waals surface area contributed by atoms with Gasteiger partial charge in [-0.3, -0.25) is 4.79 Å². The van der Waals surface area contributed by atoms with Crippen molar-refractivity contribution in [1.29, 1.82) is 0 Å². The monoisotopic (exact) mass is 623 g/mol. The number of carbonyl (C=O) groups is 1. The van der Waals surface area contributed by atoms with Crippen LogP contribution in [0.1, 0.15) is 28.4 Å². The fourth-order valence-corrected chi connectivity index (χ4v) is 4.67. The summed E-state index contributed by atoms with van der Waals surface area (Å²) in [4.78, 5) is 37.7. The van der Waals surface area contributed by atoms with Gasteiger partial charge in [0.25, 0.3) is 0 Å². The van der Waals surface area contributed by atoms with E-state index in [0.717, 1.165) is 16.8 Å². The van der Waals surface area contributed by atoms with Gasteiger partial charge in [0.05, 0.1) is 44.3 Å². The van der Waals surface area contributed by atoms with Crippen LogP contribution in [0.4, 0.5) is 24.5 Å². The third-order valence-electron chi connectivity index (χ3n) is 6.43. The summed E-state index contributed by atoms with van der Waals surface area (Å²) in [6, 6.07) is 7.18. The maximum Gasteiger partial charge on any atom is 0.343 e. The fraction of sp³-hybridized carbons (Fsp3) is 0.214. The number of hydrogen-bond acceptors (Lipinski definition) is 9. The van der Waals surface area contributed by atoms with Crippen molar-refractivity contribution in [2.45, 2.75) is 20.1 Å². The highest BCUT2D eigenvalue weighted by Gasteiger charge is 2.31. The van der Waals surface area contributed by atoms with Crippen molar-refractivity contribution in [3.8, 4) is 17.2 Å². The summed E-state index contributed by atoms with van der Waals surface area (Å²) in [7, 11) is 2.94. The highest BCUT2D eigenvalue weighted by molar-refractivity contribution is 6.35. The van der Waals surface area contributed by atoms with Crippen molar-refractivity contribution >= 4 is 39.8 Å². The molecule has 0 atom stereocenters. The van der Waals surface area contributed by atoms with Crippen LogP contribution in [0.3, 0.4) is 0 Å². The number of carbonyl (C=O) groups excluding carboxylic acids is 1. The molecular formula is C28H25ClF3N3O8. The Morgan fingerprint density at radius 1 is 1.09 bits per heavy atom. The summed E-state index contributed by atoms with van der Waals surface area (Å²) in [6.45, 7) is 0.636. The quantitative estimate of drug-likeness (QED) is 0.177. The van der Waals surface area contributed by atoms with E-state index in [0.29, 0.717) is 17.1 Å². The third-order valence-corrected chi connectivity index (χ3v) is 6.77. The average Bonchev–Trinajstić information content (AvgIpc) is 2.99. The number of ether oxygens (including phenoxy) is 3. The van der Waals surface area contributed by atoms with E-state index in [1.54, 1.807) is 18.2 Å². The molecule has 0 saturated carbocycles. The lowest BCUT2D eigenvalue weighted by atomic mass is 10.1. The summed E-state index contributed by atoms with van der Waals surface area (Å²) in [5.74, 6) is -4.35. The molecule has 0 unspecified atom stereocenters. The molecule has 0 amide bonds.